The van der Waals surface area contributed by atoms with Crippen LogP contribution in [0.2, 0.25) is 10.0 Å². The zero-order valence-electron chi connectivity index (χ0n) is 20.7. The molecule has 1 N–H and O–H groups in total. The van der Waals surface area contributed by atoms with Crippen LogP contribution in [-0.2, 0) is 12.8 Å². The molecule has 1 nitrogen and oxygen atoms in total. The van der Waals surface area contributed by atoms with Crippen LogP contribution < -0.4 is 0 Å². The normalized spacial score (nSPS) is 12.5. The van der Waals surface area contributed by atoms with Crippen molar-refractivity contribution in [1.82, 2.24) is 0 Å². The molecule has 0 fully saturated rings. The van der Waals surface area contributed by atoms with Gasteiger partial charge in [-0.2, -0.15) is 0 Å². The van der Waals surface area contributed by atoms with Crippen LogP contribution in [0.1, 0.15) is 95.9 Å². The van der Waals surface area contributed by atoms with Crippen molar-refractivity contribution >= 4 is 23.2 Å². The summed E-state index contributed by atoms with van der Waals surface area (Å²) in [6.07, 6.45) is 2.75. The largest absolute Gasteiger partial charge is 0.393 e. The summed E-state index contributed by atoms with van der Waals surface area (Å²) in [4.78, 5) is 0. The van der Waals surface area contributed by atoms with E-state index in [0.717, 1.165) is 27.9 Å². The van der Waals surface area contributed by atoms with Gasteiger partial charge in [-0.05, 0) is 77.3 Å². The summed E-state index contributed by atoms with van der Waals surface area (Å²) in [5.74, 6) is 1.99. The number of aliphatic hydroxyl groups is 1. The fourth-order valence-electron chi connectivity index (χ4n) is 3.29. The van der Waals surface area contributed by atoms with Crippen molar-refractivity contribution in [1.29, 1.82) is 0 Å². The third kappa shape index (κ3) is 9.98. The molecule has 0 spiro atoms. The Bertz CT molecular complexity index is 794. The highest BCUT2D eigenvalue weighted by molar-refractivity contribution is 6.31. The quantitative estimate of drug-likeness (QED) is 0.412. The molecule has 0 amide bonds. The first-order valence-corrected chi connectivity index (χ1v) is 12.4. The summed E-state index contributed by atoms with van der Waals surface area (Å²) in [7, 11) is 0. The monoisotopic (exact) mass is 464 g/mol. The van der Waals surface area contributed by atoms with E-state index < -0.39 is 0 Å². The molecule has 31 heavy (non-hydrogen) atoms. The first kappa shape index (κ1) is 28.0. The van der Waals surface area contributed by atoms with Crippen molar-refractivity contribution in [3.05, 3.63) is 68.7 Å². The molecule has 0 saturated carbocycles. The summed E-state index contributed by atoms with van der Waals surface area (Å²) >= 11 is 12.4. The van der Waals surface area contributed by atoms with Crippen molar-refractivity contribution in [2.75, 3.05) is 0 Å². The summed E-state index contributed by atoms with van der Waals surface area (Å²) in [6.45, 7) is 17.2. The molecule has 0 aliphatic heterocycles. The van der Waals surface area contributed by atoms with Crippen LogP contribution in [0.4, 0.5) is 0 Å². The molecule has 2 rings (SSSR count). The molecule has 1 unspecified atom stereocenters. The fraction of sp³-hybridized carbons (Fsp3) is 0.571. The van der Waals surface area contributed by atoms with Gasteiger partial charge in [0.05, 0.1) is 6.10 Å². The number of hydrogen-bond donors (Lipinski definition) is 1. The third-order valence-corrected chi connectivity index (χ3v) is 6.25. The molecule has 174 valence electrons. The van der Waals surface area contributed by atoms with Gasteiger partial charge in [0.2, 0.25) is 0 Å². The zero-order valence-corrected chi connectivity index (χ0v) is 22.2. The number of rotatable bonds is 8. The van der Waals surface area contributed by atoms with E-state index in [0.29, 0.717) is 18.3 Å². The Labute approximate surface area is 201 Å². The summed E-state index contributed by atoms with van der Waals surface area (Å²) < 4.78 is 0. The lowest BCUT2D eigenvalue weighted by Gasteiger charge is -2.15. The van der Waals surface area contributed by atoms with Gasteiger partial charge in [-0.25, -0.2) is 0 Å². The fourth-order valence-corrected chi connectivity index (χ4v) is 4.14. The molecule has 0 bridgehead atoms. The highest BCUT2D eigenvalue weighted by atomic mass is 35.5. The van der Waals surface area contributed by atoms with E-state index in [1.807, 2.05) is 19.9 Å². The molecule has 0 aliphatic carbocycles. The molecule has 0 saturated heterocycles. The van der Waals surface area contributed by atoms with Gasteiger partial charge in [0, 0.05) is 10.0 Å². The van der Waals surface area contributed by atoms with Crippen molar-refractivity contribution in [2.45, 2.75) is 92.6 Å². The Morgan fingerprint density at radius 1 is 0.710 bits per heavy atom. The van der Waals surface area contributed by atoms with Crippen LogP contribution in [0, 0.1) is 11.8 Å². The van der Waals surface area contributed by atoms with E-state index >= 15 is 0 Å². The van der Waals surface area contributed by atoms with Crippen molar-refractivity contribution in [3.63, 3.8) is 0 Å². The standard InChI is InChI=1S/C14H21ClO.C14H21Cl/c1-9(2)12-6-5-11(7-13(12)15)8-14(16)10(3)4;1-10(2)5-6-12-7-8-13(11(3)4)14(15)9-12/h5-7,9-10,14,16H,8H2,1-4H3;7-11H,5-6H2,1-4H3. The van der Waals surface area contributed by atoms with Gasteiger partial charge in [-0.1, -0.05) is 103 Å². The van der Waals surface area contributed by atoms with Gasteiger partial charge in [-0.3, -0.25) is 0 Å². The average Bonchev–Trinajstić information content (AvgIpc) is 2.66. The Balaban J connectivity index is 0.000000311. The Hall–Kier alpha value is -1.02. The van der Waals surface area contributed by atoms with Gasteiger partial charge in [0.25, 0.3) is 0 Å². The Morgan fingerprint density at radius 2 is 1.16 bits per heavy atom. The summed E-state index contributed by atoms with van der Waals surface area (Å²) in [6, 6.07) is 12.6. The summed E-state index contributed by atoms with van der Waals surface area (Å²) in [5, 5.41) is 11.5. The van der Waals surface area contributed by atoms with E-state index in [1.165, 1.54) is 23.1 Å². The molecule has 1 atom stereocenters. The predicted octanol–water partition coefficient (Wildman–Crippen LogP) is 9.07. The lowest BCUT2D eigenvalue weighted by Crippen LogP contribution is -2.17. The maximum absolute atomic E-state index is 9.81. The smallest absolute Gasteiger partial charge is 0.0603 e. The Morgan fingerprint density at radius 3 is 1.55 bits per heavy atom. The van der Waals surface area contributed by atoms with E-state index in [2.05, 4.69) is 71.9 Å². The molecule has 0 aliphatic rings. The van der Waals surface area contributed by atoms with Crippen LogP contribution in [0.15, 0.2) is 36.4 Å². The molecule has 2 aromatic carbocycles. The van der Waals surface area contributed by atoms with Gasteiger partial charge in [0.1, 0.15) is 0 Å². The highest BCUT2D eigenvalue weighted by Crippen LogP contribution is 2.27. The maximum atomic E-state index is 9.81. The van der Waals surface area contributed by atoms with Gasteiger partial charge < -0.3 is 5.11 Å². The molecular weight excluding hydrogens is 423 g/mol. The third-order valence-electron chi connectivity index (χ3n) is 5.60. The second-order valence-electron chi connectivity index (χ2n) is 9.97. The van der Waals surface area contributed by atoms with Crippen LogP contribution >= 0.6 is 23.2 Å². The van der Waals surface area contributed by atoms with Gasteiger partial charge >= 0.3 is 0 Å². The zero-order chi connectivity index (χ0) is 23.7. The minimum Gasteiger partial charge on any atom is -0.393 e. The van der Waals surface area contributed by atoms with Crippen molar-refractivity contribution in [2.24, 2.45) is 11.8 Å². The number of benzene rings is 2. The van der Waals surface area contributed by atoms with Crippen LogP contribution in [0.3, 0.4) is 0 Å². The minimum atomic E-state index is -0.291. The Kier molecular flexibility index (Phi) is 12.2. The highest BCUT2D eigenvalue weighted by Gasteiger charge is 2.12. The number of aryl methyl sites for hydroxylation is 1. The second-order valence-corrected chi connectivity index (χ2v) is 10.8. The predicted molar refractivity (Wildman–Crippen MR) is 139 cm³/mol. The van der Waals surface area contributed by atoms with Crippen LogP contribution in [-0.4, -0.2) is 11.2 Å². The maximum Gasteiger partial charge on any atom is 0.0603 e. The molecule has 0 radical (unpaired) electrons. The second kappa shape index (κ2) is 13.5. The summed E-state index contributed by atoms with van der Waals surface area (Å²) in [5.41, 5.74) is 4.89. The molecule has 2 aromatic rings. The molecular formula is C28H42Cl2O. The van der Waals surface area contributed by atoms with E-state index in [-0.39, 0.29) is 12.0 Å². The van der Waals surface area contributed by atoms with Crippen LogP contribution in [0.5, 0.6) is 0 Å². The van der Waals surface area contributed by atoms with Crippen LogP contribution in [0.25, 0.3) is 0 Å². The van der Waals surface area contributed by atoms with Crippen molar-refractivity contribution in [3.8, 4) is 0 Å². The molecule has 3 heteroatoms. The van der Waals surface area contributed by atoms with Gasteiger partial charge in [0.15, 0.2) is 0 Å². The lowest BCUT2D eigenvalue weighted by molar-refractivity contribution is 0.126. The van der Waals surface area contributed by atoms with Gasteiger partial charge in [-0.15, -0.1) is 0 Å². The number of halogens is 2. The SMILES string of the molecule is CC(C)CCc1ccc(C(C)C)c(Cl)c1.CC(C)c1ccc(CC(O)C(C)C)cc1Cl. The van der Waals surface area contributed by atoms with E-state index in [9.17, 15) is 5.11 Å². The number of aliphatic hydroxyl groups excluding tert-OH is 1. The average molecular weight is 466 g/mol. The van der Waals surface area contributed by atoms with Crippen molar-refractivity contribution < 1.29 is 5.11 Å². The first-order valence-electron chi connectivity index (χ1n) is 11.7. The number of hydrogen-bond acceptors (Lipinski definition) is 1. The topological polar surface area (TPSA) is 20.2 Å². The molecule has 0 aromatic heterocycles. The lowest BCUT2D eigenvalue weighted by atomic mass is 9.96. The van der Waals surface area contributed by atoms with E-state index in [1.54, 1.807) is 0 Å². The van der Waals surface area contributed by atoms with E-state index in [4.69, 9.17) is 23.2 Å². The minimum absolute atomic E-state index is 0.281. The first-order chi connectivity index (χ1) is 14.4. The molecule has 0 heterocycles.